The summed E-state index contributed by atoms with van der Waals surface area (Å²) < 4.78 is 5.62. The van der Waals surface area contributed by atoms with Crippen LogP contribution in [0.4, 0.5) is 0 Å². The Morgan fingerprint density at radius 3 is 2.77 bits per heavy atom. The third kappa shape index (κ3) is 1.78. The maximum Gasteiger partial charge on any atom is 0.237 e. The molecule has 0 spiro atoms. The Balaban J connectivity index is 2.08. The molecule has 70 valence electrons. The lowest BCUT2D eigenvalue weighted by molar-refractivity contribution is 0.112. The molecule has 1 aromatic rings. The summed E-state index contributed by atoms with van der Waals surface area (Å²) in [5.74, 6) is 0.606. The number of hydrogen-bond acceptors (Lipinski definition) is 4. The van der Waals surface area contributed by atoms with Crippen molar-refractivity contribution in [1.82, 2.24) is 9.97 Å². The van der Waals surface area contributed by atoms with Crippen LogP contribution in [0, 0.1) is 0 Å². The normalized spacial score (nSPS) is 16.7. The van der Waals surface area contributed by atoms with Crippen LogP contribution in [0.1, 0.15) is 25.0 Å². The van der Waals surface area contributed by atoms with Gasteiger partial charge in [-0.2, -0.15) is 0 Å². The van der Waals surface area contributed by atoms with Crippen LogP contribution in [0.25, 0.3) is 0 Å². The SMILES string of the molecule is NCc1nccnc1OC1CCC1. The standard InChI is InChI=1S/C9H13N3O/c10-6-8-9(12-5-4-11-8)13-7-2-1-3-7/h4-5,7H,1-3,6,10H2. The van der Waals surface area contributed by atoms with Crippen molar-refractivity contribution in [2.75, 3.05) is 0 Å². The predicted molar refractivity (Wildman–Crippen MR) is 48.2 cm³/mol. The van der Waals surface area contributed by atoms with Crippen LogP contribution in [-0.4, -0.2) is 16.1 Å². The van der Waals surface area contributed by atoms with E-state index in [-0.39, 0.29) is 0 Å². The molecule has 0 aromatic carbocycles. The molecule has 2 N–H and O–H groups in total. The van der Waals surface area contributed by atoms with E-state index in [1.807, 2.05) is 0 Å². The zero-order valence-electron chi connectivity index (χ0n) is 7.44. The maximum absolute atomic E-state index is 5.62. The minimum atomic E-state index is 0.335. The Labute approximate surface area is 77.1 Å². The van der Waals surface area contributed by atoms with Gasteiger partial charge in [-0.15, -0.1) is 0 Å². The van der Waals surface area contributed by atoms with E-state index in [2.05, 4.69) is 9.97 Å². The summed E-state index contributed by atoms with van der Waals surface area (Å²) in [6.07, 6.45) is 7.11. The lowest BCUT2D eigenvalue weighted by Crippen LogP contribution is -2.26. The van der Waals surface area contributed by atoms with Gasteiger partial charge in [0, 0.05) is 18.9 Å². The Kier molecular flexibility index (Phi) is 2.40. The average molecular weight is 179 g/mol. The van der Waals surface area contributed by atoms with Crippen molar-refractivity contribution in [2.45, 2.75) is 31.9 Å². The highest BCUT2D eigenvalue weighted by Crippen LogP contribution is 2.24. The van der Waals surface area contributed by atoms with Gasteiger partial charge in [0.25, 0.3) is 0 Å². The van der Waals surface area contributed by atoms with Crippen LogP contribution >= 0.6 is 0 Å². The second-order valence-electron chi connectivity index (χ2n) is 3.18. The van der Waals surface area contributed by atoms with Crippen LogP contribution < -0.4 is 10.5 Å². The van der Waals surface area contributed by atoms with Gasteiger partial charge in [0.2, 0.25) is 5.88 Å². The molecule has 0 amide bonds. The first-order valence-corrected chi connectivity index (χ1v) is 4.57. The molecular formula is C9H13N3O. The minimum Gasteiger partial charge on any atom is -0.473 e. The first-order valence-electron chi connectivity index (χ1n) is 4.57. The molecular weight excluding hydrogens is 166 g/mol. The van der Waals surface area contributed by atoms with Gasteiger partial charge < -0.3 is 10.5 Å². The predicted octanol–water partition coefficient (Wildman–Crippen LogP) is 0.867. The van der Waals surface area contributed by atoms with Crippen molar-refractivity contribution in [1.29, 1.82) is 0 Å². The molecule has 1 saturated carbocycles. The van der Waals surface area contributed by atoms with Crippen LogP contribution in [0.2, 0.25) is 0 Å². The van der Waals surface area contributed by atoms with Gasteiger partial charge >= 0.3 is 0 Å². The summed E-state index contributed by atoms with van der Waals surface area (Å²) in [4.78, 5) is 8.20. The third-order valence-electron chi connectivity index (χ3n) is 2.26. The highest BCUT2D eigenvalue weighted by molar-refractivity contribution is 5.17. The van der Waals surface area contributed by atoms with Crippen LogP contribution in [0.5, 0.6) is 5.88 Å². The van der Waals surface area contributed by atoms with E-state index in [1.165, 1.54) is 6.42 Å². The summed E-state index contributed by atoms with van der Waals surface area (Å²) in [6.45, 7) is 0.385. The molecule has 2 rings (SSSR count). The number of nitrogens with zero attached hydrogens (tertiary/aromatic N) is 2. The Bertz CT molecular complexity index is 286. The first kappa shape index (κ1) is 8.44. The molecule has 1 aliphatic rings. The second-order valence-corrected chi connectivity index (χ2v) is 3.18. The van der Waals surface area contributed by atoms with E-state index < -0.39 is 0 Å². The summed E-state index contributed by atoms with van der Waals surface area (Å²) in [7, 11) is 0. The van der Waals surface area contributed by atoms with Crippen molar-refractivity contribution in [3.05, 3.63) is 18.1 Å². The minimum absolute atomic E-state index is 0.335. The van der Waals surface area contributed by atoms with E-state index in [9.17, 15) is 0 Å². The van der Waals surface area contributed by atoms with Gasteiger partial charge in [0.15, 0.2) is 0 Å². The number of nitrogens with two attached hydrogens (primary N) is 1. The van der Waals surface area contributed by atoms with Crippen molar-refractivity contribution < 1.29 is 4.74 Å². The smallest absolute Gasteiger partial charge is 0.237 e. The Hall–Kier alpha value is -1.16. The van der Waals surface area contributed by atoms with E-state index in [4.69, 9.17) is 10.5 Å². The molecule has 1 aromatic heterocycles. The molecule has 1 heterocycles. The number of aromatic nitrogens is 2. The maximum atomic E-state index is 5.62. The lowest BCUT2D eigenvalue weighted by Gasteiger charge is -2.26. The van der Waals surface area contributed by atoms with Crippen molar-refractivity contribution in [2.24, 2.45) is 5.73 Å². The molecule has 0 atom stereocenters. The summed E-state index contributed by atoms with van der Waals surface area (Å²) in [5.41, 5.74) is 6.25. The third-order valence-corrected chi connectivity index (χ3v) is 2.26. The van der Waals surface area contributed by atoms with Crippen LogP contribution in [0.15, 0.2) is 12.4 Å². The first-order chi connectivity index (χ1) is 6.40. The van der Waals surface area contributed by atoms with Crippen LogP contribution in [0.3, 0.4) is 0 Å². The topological polar surface area (TPSA) is 61.0 Å². The summed E-state index contributed by atoms with van der Waals surface area (Å²) >= 11 is 0. The zero-order valence-corrected chi connectivity index (χ0v) is 7.44. The fourth-order valence-electron chi connectivity index (χ4n) is 1.24. The van der Waals surface area contributed by atoms with Gasteiger partial charge in [-0.1, -0.05) is 0 Å². The molecule has 0 saturated heterocycles. The fourth-order valence-corrected chi connectivity index (χ4v) is 1.24. The summed E-state index contributed by atoms with van der Waals surface area (Å²) in [5, 5.41) is 0. The Morgan fingerprint density at radius 1 is 1.38 bits per heavy atom. The molecule has 0 unspecified atom stereocenters. The lowest BCUT2D eigenvalue weighted by atomic mass is 9.96. The molecule has 4 nitrogen and oxygen atoms in total. The Morgan fingerprint density at radius 2 is 2.15 bits per heavy atom. The molecule has 0 radical (unpaired) electrons. The molecule has 13 heavy (non-hydrogen) atoms. The fraction of sp³-hybridized carbons (Fsp3) is 0.556. The van der Waals surface area contributed by atoms with Gasteiger partial charge in [-0.05, 0) is 19.3 Å². The number of hydrogen-bond donors (Lipinski definition) is 1. The highest BCUT2D eigenvalue weighted by atomic mass is 16.5. The second kappa shape index (κ2) is 3.70. The van der Waals surface area contributed by atoms with E-state index in [0.717, 1.165) is 18.5 Å². The van der Waals surface area contributed by atoms with Gasteiger partial charge in [-0.25, -0.2) is 4.98 Å². The molecule has 0 bridgehead atoms. The molecule has 0 aliphatic heterocycles. The van der Waals surface area contributed by atoms with Gasteiger partial charge in [-0.3, -0.25) is 4.98 Å². The zero-order chi connectivity index (χ0) is 9.10. The molecule has 1 aliphatic carbocycles. The number of rotatable bonds is 3. The monoisotopic (exact) mass is 179 g/mol. The van der Waals surface area contributed by atoms with Gasteiger partial charge in [0.05, 0.1) is 0 Å². The number of ether oxygens (including phenoxy) is 1. The van der Waals surface area contributed by atoms with E-state index in [1.54, 1.807) is 12.4 Å². The molecule has 4 heteroatoms. The van der Waals surface area contributed by atoms with E-state index in [0.29, 0.717) is 18.5 Å². The molecule has 1 fully saturated rings. The van der Waals surface area contributed by atoms with Crippen molar-refractivity contribution in [3.63, 3.8) is 0 Å². The van der Waals surface area contributed by atoms with Crippen LogP contribution in [-0.2, 0) is 6.54 Å². The summed E-state index contributed by atoms with van der Waals surface area (Å²) in [6, 6.07) is 0. The van der Waals surface area contributed by atoms with Crippen molar-refractivity contribution >= 4 is 0 Å². The highest BCUT2D eigenvalue weighted by Gasteiger charge is 2.20. The average Bonchev–Trinajstić information content (AvgIpc) is 2.12. The largest absolute Gasteiger partial charge is 0.473 e. The van der Waals surface area contributed by atoms with Gasteiger partial charge in [0.1, 0.15) is 11.8 Å². The quantitative estimate of drug-likeness (QED) is 0.747. The van der Waals surface area contributed by atoms with E-state index >= 15 is 0 Å². The van der Waals surface area contributed by atoms with Crippen molar-refractivity contribution in [3.8, 4) is 5.88 Å².